The number of nitrogens with two attached hydrogens (primary N) is 1. The molecule has 2 aromatic rings. The molecule has 3 N–H and O–H groups in total. The molecule has 0 bridgehead atoms. The molecule has 3 rings (SSSR count). The van der Waals surface area contributed by atoms with Gasteiger partial charge in [-0.3, -0.25) is 0 Å². The number of anilines is 2. The lowest BCUT2D eigenvalue weighted by molar-refractivity contribution is 0.120. The molecule has 0 aliphatic carbocycles. The Labute approximate surface area is 128 Å². The molecule has 1 saturated heterocycles. The highest BCUT2D eigenvalue weighted by atomic mass is 32.2. The summed E-state index contributed by atoms with van der Waals surface area (Å²) in [5, 5.41) is 4.04. The van der Waals surface area contributed by atoms with Gasteiger partial charge in [0.05, 0.1) is 6.10 Å². The normalized spacial score (nSPS) is 17.8. The maximum Gasteiger partial charge on any atom is 0.153 e. The summed E-state index contributed by atoms with van der Waals surface area (Å²) in [6.45, 7) is 1.58. The first-order valence-corrected chi connectivity index (χ1v) is 7.83. The fraction of sp³-hybridized carbons (Fsp3) is 0.333. The second-order valence-electron chi connectivity index (χ2n) is 4.87. The van der Waals surface area contributed by atoms with E-state index >= 15 is 0 Å². The summed E-state index contributed by atoms with van der Waals surface area (Å²) in [6.07, 6.45) is 4.01. The zero-order valence-corrected chi connectivity index (χ0v) is 12.5. The van der Waals surface area contributed by atoms with Gasteiger partial charge in [0.2, 0.25) is 0 Å². The minimum atomic E-state index is 0.254. The Bertz CT molecular complexity index is 587. The van der Waals surface area contributed by atoms with Crippen LogP contribution in [0, 0.1) is 0 Å². The van der Waals surface area contributed by atoms with Crippen molar-refractivity contribution < 1.29 is 4.74 Å². The Balaban J connectivity index is 1.69. The van der Waals surface area contributed by atoms with Gasteiger partial charge in [-0.1, -0.05) is 30.0 Å². The van der Waals surface area contributed by atoms with Crippen LogP contribution >= 0.6 is 11.8 Å². The molecule has 1 aromatic carbocycles. The van der Waals surface area contributed by atoms with Crippen LogP contribution in [0.1, 0.15) is 12.8 Å². The van der Waals surface area contributed by atoms with Gasteiger partial charge in [-0.05, 0) is 25.0 Å². The maximum absolute atomic E-state index is 6.17. The Morgan fingerprint density at radius 1 is 1.29 bits per heavy atom. The summed E-state index contributed by atoms with van der Waals surface area (Å²) in [7, 11) is 0. The molecule has 0 saturated carbocycles. The number of benzene rings is 1. The third-order valence-electron chi connectivity index (χ3n) is 3.33. The number of rotatable bonds is 5. The van der Waals surface area contributed by atoms with Gasteiger partial charge in [0.1, 0.15) is 17.0 Å². The molecule has 1 aliphatic rings. The number of ether oxygens (including phenoxy) is 1. The number of nitrogen functional groups attached to an aromatic ring is 1. The molecule has 1 fully saturated rings. The molecule has 1 unspecified atom stereocenters. The Hall–Kier alpha value is -1.79. The molecular formula is C15H18N4OS. The highest BCUT2D eigenvalue weighted by molar-refractivity contribution is 7.99. The molecule has 0 amide bonds. The zero-order chi connectivity index (χ0) is 14.5. The molecule has 0 radical (unpaired) electrons. The van der Waals surface area contributed by atoms with Gasteiger partial charge in [-0.2, -0.15) is 0 Å². The summed E-state index contributed by atoms with van der Waals surface area (Å²) in [4.78, 5) is 9.60. The number of hydrogen-bond donors (Lipinski definition) is 2. The lowest BCUT2D eigenvalue weighted by atomic mass is 10.2. The van der Waals surface area contributed by atoms with Gasteiger partial charge in [0.25, 0.3) is 0 Å². The minimum Gasteiger partial charge on any atom is -0.394 e. The lowest BCUT2D eigenvalue weighted by Gasteiger charge is -2.13. The predicted octanol–water partition coefficient (Wildman–Crippen LogP) is 2.80. The van der Waals surface area contributed by atoms with Crippen molar-refractivity contribution in [3.05, 3.63) is 36.7 Å². The minimum absolute atomic E-state index is 0.254. The summed E-state index contributed by atoms with van der Waals surface area (Å²) >= 11 is 1.54. The number of hydrogen-bond acceptors (Lipinski definition) is 6. The smallest absolute Gasteiger partial charge is 0.153 e. The van der Waals surface area contributed by atoms with Crippen LogP contribution in [-0.4, -0.2) is 29.2 Å². The fourth-order valence-corrected chi connectivity index (χ4v) is 3.04. The molecule has 1 aliphatic heterocycles. The number of nitrogens with one attached hydrogen (secondary N) is 1. The second kappa shape index (κ2) is 6.78. The topological polar surface area (TPSA) is 73.1 Å². The van der Waals surface area contributed by atoms with Gasteiger partial charge in [-0.15, -0.1) is 0 Å². The van der Waals surface area contributed by atoms with Crippen molar-refractivity contribution in [2.24, 2.45) is 0 Å². The van der Waals surface area contributed by atoms with Crippen molar-refractivity contribution in [2.75, 3.05) is 24.2 Å². The van der Waals surface area contributed by atoms with Gasteiger partial charge < -0.3 is 15.8 Å². The SMILES string of the molecule is Nc1c(NCC2CCCO2)ncnc1Sc1ccccc1. The molecular weight excluding hydrogens is 284 g/mol. The van der Waals surface area contributed by atoms with Crippen molar-refractivity contribution in [3.63, 3.8) is 0 Å². The standard InChI is InChI=1S/C15H18N4OS/c16-13-14(17-9-11-5-4-8-20-11)18-10-19-15(13)21-12-6-2-1-3-7-12/h1-3,6-7,10-11H,4-5,8-9,16H2,(H,17,18,19). The van der Waals surface area contributed by atoms with Crippen molar-refractivity contribution in [3.8, 4) is 0 Å². The molecule has 110 valence electrons. The van der Waals surface area contributed by atoms with E-state index in [0.29, 0.717) is 11.5 Å². The van der Waals surface area contributed by atoms with E-state index in [1.54, 1.807) is 6.33 Å². The van der Waals surface area contributed by atoms with E-state index in [1.165, 1.54) is 11.8 Å². The van der Waals surface area contributed by atoms with Crippen LogP contribution in [0.2, 0.25) is 0 Å². The first-order valence-electron chi connectivity index (χ1n) is 7.02. The zero-order valence-electron chi connectivity index (χ0n) is 11.7. The van der Waals surface area contributed by atoms with Crippen LogP contribution in [0.25, 0.3) is 0 Å². The van der Waals surface area contributed by atoms with Crippen molar-refractivity contribution in [1.29, 1.82) is 0 Å². The van der Waals surface area contributed by atoms with E-state index in [1.807, 2.05) is 30.3 Å². The highest BCUT2D eigenvalue weighted by Crippen LogP contribution is 2.32. The summed E-state index contributed by atoms with van der Waals surface area (Å²) in [5.74, 6) is 0.680. The number of nitrogens with zero attached hydrogens (tertiary/aromatic N) is 2. The van der Waals surface area contributed by atoms with E-state index in [9.17, 15) is 0 Å². The Kier molecular flexibility index (Phi) is 4.57. The van der Waals surface area contributed by atoms with Crippen LogP contribution in [0.5, 0.6) is 0 Å². The van der Waals surface area contributed by atoms with Crippen LogP contribution in [-0.2, 0) is 4.74 Å². The van der Waals surface area contributed by atoms with Crippen LogP contribution in [0.15, 0.2) is 46.6 Å². The fourth-order valence-electron chi connectivity index (χ4n) is 2.22. The van der Waals surface area contributed by atoms with Crippen LogP contribution in [0.3, 0.4) is 0 Å². The van der Waals surface area contributed by atoms with Gasteiger partial charge >= 0.3 is 0 Å². The summed E-state index contributed by atoms with van der Waals surface area (Å²) in [6, 6.07) is 10.0. The summed E-state index contributed by atoms with van der Waals surface area (Å²) < 4.78 is 5.59. The maximum atomic E-state index is 6.17. The third kappa shape index (κ3) is 3.65. The van der Waals surface area contributed by atoms with E-state index in [0.717, 1.165) is 35.9 Å². The monoisotopic (exact) mass is 302 g/mol. The van der Waals surface area contributed by atoms with E-state index < -0.39 is 0 Å². The first-order chi connectivity index (χ1) is 10.3. The van der Waals surface area contributed by atoms with Crippen molar-refractivity contribution in [2.45, 2.75) is 28.9 Å². The molecule has 6 heteroatoms. The van der Waals surface area contributed by atoms with Crippen LogP contribution < -0.4 is 11.1 Å². The first kappa shape index (κ1) is 14.2. The third-order valence-corrected chi connectivity index (χ3v) is 4.35. The van der Waals surface area contributed by atoms with E-state index in [4.69, 9.17) is 10.5 Å². The Morgan fingerprint density at radius 2 is 2.14 bits per heavy atom. The largest absolute Gasteiger partial charge is 0.394 e. The van der Waals surface area contributed by atoms with E-state index in [-0.39, 0.29) is 6.10 Å². The molecule has 1 atom stereocenters. The quantitative estimate of drug-likeness (QED) is 0.827. The molecule has 0 spiro atoms. The van der Waals surface area contributed by atoms with E-state index in [2.05, 4.69) is 15.3 Å². The predicted molar refractivity (Wildman–Crippen MR) is 84.5 cm³/mol. The molecule has 5 nitrogen and oxygen atoms in total. The molecule has 1 aromatic heterocycles. The highest BCUT2D eigenvalue weighted by Gasteiger charge is 2.16. The second-order valence-corrected chi connectivity index (χ2v) is 5.93. The average Bonchev–Trinajstić information content (AvgIpc) is 3.03. The van der Waals surface area contributed by atoms with Gasteiger partial charge in [0, 0.05) is 18.0 Å². The summed E-state index contributed by atoms with van der Waals surface area (Å²) in [5.41, 5.74) is 6.75. The van der Waals surface area contributed by atoms with Crippen LogP contribution in [0.4, 0.5) is 11.5 Å². The molecule has 2 heterocycles. The van der Waals surface area contributed by atoms with Gasteiger partial charge in [-0.25, -0.2) is 9.97 Å². The number of aromatic nitrogens is 2. The average molecular weight is 302 g/mol. The van der Waals surface area contributed by atoms with Crippen molar-refractivity contribution >= 4 is 23.3 Å². The van der Waals surface area contributed by atoms with Gasteiger partial charge in [0.15, 0.2) is 5.82 Å². The molecule has 21 heavy (non-hydrogen) atoms. The van der Waals surface area contributed by atoms with Crippen molar-refractivity contribution in [1.82, 2.24) is 9.97 Å². The lowest BCUT2D eigenvalue weighted by Crippen LogP contribution is -2.19. The Morgan fingerprint density at radius 3 is 2.90 bits per heavy atom.